The first kappa shape index (κ1) is 19.9. The van der Waals surface area contributed by atoms with Crippen molar-refractivity contribution in [2.45, 2.75) is 31.0 Å². The molecule has 3 aliphatic heterocycles. The molecular formula is C19H25F2N3O3S. The number of hydrogen-bond donors (Lipinski definition) is 1. The molecule has 6 nitrogen and oxygen atoms in total. The van der Waals surface area contributed by atoms with Crippen LogP contribution in [0.3, 0.4) is 0 Å². The Morgan fingerprint density at radius 2 is 1.93 bits per heavy atom. The van der Waals surface area contributed by atoms with E-state index in [9.17, 15) is 17.2 Å². The van der Waals surface area contributed by atoms with Crippen LogP contribution in [-0.4, -0.2) is 68.7 Å². The van der Waals surface area contributed by atoms with Gasteiger partial charge in [-0.3, -0.25) is 4.90 Å². The van der Waals surface area contributed by atoms with Gasteiger partial charge in [0.05, 0.1) is 12.9 Å². The average Bonchev–Trinajstić information content (AvgIpc) is 3.06. The highest BCUT2D eigenvalue weighted by atomic mass is 32.2. The molecule has 3 heterocycles. The number of nitrogens with zero attached hydrogens (tertiary/aromatic N) is 2. The fraction of sp³-hybridized carbons (Fsp3) is 0.579. The Bertz CT molecular complexity index is 906. The zero-order valence-electron chi connectivity index (χ0n) is 15.8. The minimum absolute atomic E-state index is 0.0696. The van der Waals surface area contributed by atoms with E-state index in [1.54, 1.807) is 0 Å². The lowest BCUT2D eigenvalue weighted by atomic mass is 9.93. The van der Waals surface area contributed by atoms with Crippen molar-refractivity contribution in [3.8, 4) is 0 Å². The van der Waals surface area contributed by atoms with Crippen molar-refractivity contribution in [1.82, 2.24) is 9.21 Å². The van der Waals surface area contributed by atoms with Crippen molar-refractivity contribution < 1.29 is 21.9 Å². The molecule has 4 rings (SSSR count). The molecule has 1 saturated heterocycles. The SMILES string of the molecule is CS(=O)(=O)N1CCC2=C(CN(C3COC(c4cc(F)ccc4F)C(N)C3)C2)C1. The molecule has 1 aromatic carbocycles. The van der Waals surface area contributed by atoms with E-state index in [-0.39, 0.29) is 11.6 Å². The van der Waals surface area contributed by atoms with Gasteiger partial charge in [-0.25, -0.2) is 17.2 Å². The Morgan fingerprint density at radius 3 is 2.64 bits per heavy atom. The van der Waals surface area contributed by atoms with Crippen LogP contribution in [-0.2, 0) is 14.8 Å². The number of benzene rings is 1. The fourth-order valence-corrected chi connectivity index (χ4v) is 5.25. The monoisotopic (exact) mass is 413 g/mol. The maximum Gasteiger partial charge on any atom is 0.211 e. The van der Waals surface area contributed by atoms with Crippen LogP contribution >= 0.6 is 0 Å². The first-order valence-corrected chi connectivity index (χ1v) is 11.3. The van der Waals surface area contributed by atoms with Gasteiger partial charge in [0.25, 0.3) is 0 Å². The van der Waals surface area contributed by atoms with Gasteiger partial charge in [-0.15, -0.1) is 0 Å². The van der Waals surface area contributed by atoms with E-state index < -0.39 is 33.8 Å². The van der Waals surface area contributed by atoms with Gasteiger partial charge in [0.15, 0.2) is 0 Å². The first-order valence-electron chi connectivity index (χ1n) is 9.43. The summed E-state index contributed by atoms with van der Waals surface area (Å²) in [6.07, 6.45) is 1.93. The molecule has 3 unspecified atom stereocenters. The summed E-state index contributed by atoms with van der Waals surface area (Å²) in [5.74, 6) is -1.03. The van der Waals surface area contributed by atoms with E-state index in [0.717, 1.165) is 36.7 Å². The van der Waals surface area contributed by atoms with E-state index in [2.05, 4.69) is 4.90 Å². The number of rotatable bonds is 3. The van der Waals surface area contributed by atoms with Crippen molar-refractivity contribution in [2.75, 3.05) is 39.0 Å². The Hall–Kier alpha value is -1.39. The molecule has 0 bridgehead atoms. The molecule has 28 heavy (non-hydrogen) atoms. The first-order chi connectivity index (χ1) is 13.2. The molecule has 1 fully saturated rings. The Kier molecular flexibility index (Phi) is 5.30. The van der Waals surface area contributed by atoms with Crippen LogP contribution in [0.2, 0.25) is 0 Å². The second kappa shape index (κ2) is 7.46. The minimum atomic E-state index is -3.19. The van der Waals surface area contributed by atoms with Crippen molar-refractivity contribution in [3.63, 3.8) is 0 Å². The quantitative estimate of drug-likeness (QED) is 0.759. The predicted molar refractivity (Wildman–Crippen MR) is 101 cm³/mol. The van der Waals surface area contributed by atoms with Crippen LogP contribution < -0.4 is 5.73 Å². The molecule has 3 aliphatic rings. The highest BCUT2D eigenvalue weighted by Gasteiger charge is 2.38. The van der Waals surface area contributed by atoms with Gasteiger partial charge in [-0.2, -0.15) is 4.31 Å². The summed E-state index contributed by atoms with van der Waals surface area (Å²) in [6, 6.07) is 2.95. The minimum Gasteiger partial charge on any atom is -0.370 e. The summed E-state index contributed by atoms with van der Waals surface area (Å²) >= 11 is 0. The predicted octanol–water partition coefficient (Wildman–Crippen LogP) is 1.40. The summed E-state index contributed by atoms with van der Waals surface area (Å²) in [7, 11) is -3.19. The molecule has 9 heteroatoms. The summed E-state index contributed by atoms with van der Waals surface area (Å²) in [4.78, 5) is 2.26. The van der Waals surface area contributed by atoms with Gasteiger partial charge in [0, 0.05) is 43.8 Å². The molecular weight excluding hydrogens is 388 g/mol. The van der Waals surface area contributed by atoms with Crippen molar-refractivity contribution in [3.05, 3.63) is 46.5 Å². The summed E-state index contributed by atoms with van der Waals surface area (Å²) in [5.41, 5.74) is 8.89. The fourth-order valence-electron chi connectivity index (χ4n) is 4.43. The van der Waals surface area contributed by atoms with Crippen LogP contribution in [0.15, 0.2) is 29.3 Å². The number of ether oxygens (including phenoxy) is 1. The zero-order valence-corrected chi connectivity index (χ0v) is 16.6. The molecule has 0 aliphatic carbocycles. The normalized spacial score (nSPS) is 29.9. The van der Waals surface area contributed by atoms with Crippen LogP contribution in [0.25, 0.3) is 0 Å². The zero-order chi connectivity index (χ0) is 20.1. The second-order valence-corrected chi connectivity index (χ2v) is 9.91. The van der Waals surface area contributed by atoms with Crippen LogP contribution in [0.4, 0.5) is 8.78 Å². The van der Waals surface area contributed by atoms with Gasteiger partial charge < -0.3 is 10.5 Å². The molecule has 3 atom stereocenters. The summed E-state index contributed by atoms with van der Waals surface area (Å²) < 4.78 is 58.6. The van der Waals surface area contributed by atoms with E-state index in [4.69, 9.17) is 10.5 Å². The van der Waals surface area contributed by atoms with Gasteiger partial charge >= 0.3 is 0 Å². The third-order valence-electron chi connectivity index (χ3n) is 5.97. The lowest BCUT2D eigenvalue weighted by Gasteiger charge is -2.39. The molecule has 0 spiro atoms. The molecule has 1 aromatic rings. The highest BCUT2D eigenvalue weighted by molar-refractivity contribution is 7.88. The smallest absolute Gasteiger partial charge is 0.211 e. The average molecular weight is 413 g/mol. The lowest BCUT2D eigenvalue weighted by Crippen LogP contribution is -2.49. The number of sulfonamides is 1. The number of hydrogen-bond acceptors (Lipinski definition) is 5. The van der Waals surface area contributed by atoms with Gasteiger partial charge in [0.2, 0.25) is 10.0 Å². The molecule has 0 radical (unpaired) electrons. The summed E-state index contributed by atoms with van der Waals surface area (Å²) in [6.45, 7) is 2.83. The third-order valence-corrected chi connectivity index (χ3v) is 7.22. The maximum atomic E-state index is 14.1. The molecule has 0 saturated carbocycles. The van der Waals surface area contributed by atoms with Crippen LogP contribution in [0, 0.1) is 11.6 Å². The van der Waals surface area contributed by atoms with Crippen LogP contribution in [0.1, 0.15) is 24.5 Å². The Balaban J connectivity index is 1.40. The maximum absolute atomic E-state index is 14.1. The Morgan fingerprint density at radius 1 is 1.18 bits per heavy atom. The summed E-state index contributed by atoms with van der Waals surface area (Å²) in [5, 5.41) is 0. The molecule has 2 N–H and O–H groups in total. The number of halogens is 2. The van der Waals surface area contributed by atoms with E-state index in [1.807, 2.05) is 0 Å². The van der Waals surface area contributed by atoms with Gasteiger partial charge in [-0.1, -0.05) is 5.57 Å². The molecule has 154 valence electrons. The lowest BCUT2D eigenvalue weighted by molar-refractivity contribution is -0.0465. The standard InChI is InChI=1S/C19H25F2N3O3S/c1-28(25,26)24-5-4-12-8-23(9-13(12)10-24)15-7-18(22)19(27-11-15)16-6-14(20)2-3-17(16)21/h2-3,6,15,18-19H,4-5,7-11,22H2,1H3. The molecule has 0 amide bonds. The second-order valence-electron chi connectivity index (χ2n) is 7.93. The van der Waals surface area contributed by atoms with Crippen molar-refractivity contribution in [2.24, 2.45) is 5.73 Å². The van der Waals surface area contributed by atoms with Crippen molar-refractivity contribution in [1.29, 1.82) is 0 Å². The van der Waals surface area contributed by atoms with Gasteiger partial charge in [-0.05, 0) is 36.6 Å². The number of nitrogens with two attached hydrogens (primary N) is 1. The van der Waals surface area contributed by atoms with E-state index in [0.29, 0.717) is 32.7 Å². The largest absolute Gasteiger partial charge is 0.370 e. The van der Waals surface area contributed by atoms with Crippen molar-refractivity contribution >= 4 is 10.0 Å². The van der Waals surface area contributed by atoms with E-state index in [1.165, 1.54) is 16.1 Å². The Labute approximate surface area is 164 Å². The topological polar surface area (TPSA) is 75.9 Å². The highest BCUT2D eigenvalue weighted by Crippen LogP contribution is 2.34. The third kappa shape index (κ3) is 3.86. The van der Waals surface area contributed by atoms with Crippen LogP contribution in [0.5, 0.6) is 0 Å². The van der Waals surface area contributed by atoms with Gasteiger partial charge in [0.1, 0.15) is 17.7 Å². The van der Waals surface area contributed by atoms with E-state index >= 15 is 0 Å². The molecule has 0 aromatic heterocycles.